The van der Waals surface area contributed by atoms with Crippen LogP contribution < -0.4 is 5.32 Å². The Bertz CT molecular complexity index is 674. The number of anilines is 1. The van der Waals surface area contributed by atoms with Gasteiger partial charge in [-0.15, -0.1) is 5.10 Å². The first-order chi connectivity index (χ1) is 12.1. The van der Waals surface area contributed by atoms with Gasteiger partial charge in [0, 0.05) is 5.56 Å². The smallest absolute Gasteiger partial charge is 0.322 e. The van der Waals surface area contributed by atoms with Gasteiger partial charge in [0.15, 0.2) is 0 Å². The summed E-state index contributed by atoms with van der Waals surface area (Å²) in [4.78, 5) is 22.8. The highest BCUT2D eigenvalue weighted by Gasteiger charge is 2.21. The lowest BCUT2D eigenvalue weighted by Gasteiger charge is -2.16. The molecule has 1 aromatic carbocycles. The number of aromatic nitrogens is 2. The molecule has 0 saturated heterocycles. The van der Waals surface area contributed by atoms with Crippen molar-refractivity contribution < 1.29 is 19.2 Å². The molecule has 0 fully saturated rings. The zero-order chi connectivity index (χ0) is 18.1. The minimum Gasteiger partial charge on any atom is -0.407 e. The first-order valence-corrected chi connectivity index (χ1v) is 8.24. The molecule has 134 valence electrons. The summed E-state index contributed by atoms with van der Waals surface area (Å²) < 4.78 is 5.51. The molecular weight excluding hydrogens is 324 g/mol. The molecule has 2 rings (SSSR count). The lowest BCUT2D eigenvalue weighted by Crippen LogP contribution is -2.24. The summed E-state index contributed by atoms with van der Waals surface area (Å²) in [5.41, 5.74) is 0.476. The van der Waals surface area contributed by atoms with Crippen LogP contribution >= 0.6 is 0 Å². The Morgan fingerprint density at radius 1 is 1.32 bits per heavy atom. The SMILES string of the molecule is CCCCC[C@H](CN(O)C=O)c1nnc(NC(=O)c2ccccc2)o1. The van der Waals surface area contributed by atoms with Crippen molar-refractivity contribution in [2.45, 2.75) is 38.5 Å². The zero-order valence-electron chi connectivity index (χ0n) is 14.1. The fourth-order valence-corrected chi connectivity index (χ4v) is 2.41. The molecule has 25 heavy (non-hydrogen) atoms. The minimum absolute atomic E-state index is 0.0139. The van der Waals surface area contributed by atoms with Gasteiger partial charge >= 0.3 is 6.01 Å². The molecule has 0 aliphatic heterocycles. The third kappa shape index (κ3) is 5.68. The monoisotopic (exact) mass is 346 g/mol. The van der Waals surface area contributed by atoms with Crippen LogP contribution in [0.15, 0.2) is 34.7 Å². The van der Waals surface area contributed by atoms with Crippen LogP contribution in [0.3, 0.4) is 0 Å². The number of rotatable bonds is 10. The van der Waals surface area contributed by atoms with Crippen LogP contribution in [0.1, 0.15) is 54.8 Å². The predicted molar refractivity (Wildman–Crippen MR) is 90.1 cm³/mol. The van der Waals surface area contributed by atoms with Crippen LogP contribution in [0.2, 0.25) is 0 Å². The highest BCUT2D eigenvalue weighted by molar-refractivity contribution is 6.02. The summed E-state index contributed by atoms with van der Waals surface area (Å²) in [5.74, 6) is -0.369. The summed E-state index contributed by atoms with van der Waals surface area (Å²) in [5, 5.41) is 20.3. The van der Waals surface area contributed by atoms with Gasteiger partial charge in [-0.25, -0.2) is 5.06 Å². The molecule has 1 atom stereocenters. The molecule has 0 radical (unpaired) electrons. The van der Waals surface area contributed by atoms with Crippen molar-refractivity contribution >= 4 is 18.3 Å². The molecule has 1 aromatic heterocycles. The van der Waals surface area contributed by atoms with Crippen molar-refractivity contribution in [2.75, 3.05) is 11.9 Å². The molecule has 8 heteroatoms. The van der Waals surface area contributed by atoms with Gasteiger partial charge in [-0.3, -0.25) is 20.1 Å². The van der Waals surface area contributed by atoms with Gasteiger partial charge in [0.05, 0.1) is 12.5 Å². The predicted octanol–water partition coefficient (Wildman–Crippen LogP) is 2.83. The van der Waals surface area contributed by atoms with E-state index >= 15 is 0 Å². The Kier molecular flexibility index (Phi) is 7.09. The molecule has 0 saturated carbocycles. The van der Waals surface area contributed by atoms with Crippen molar-refractivity contribution in [2.24, 2.45) is 0 Å². The Labute approximate surface area is 145 Å². The summed E-state index contributed by atoms with van der Waals surface area (Å²) in [6.45, 7) is 2.14. The maximum atomic E-state index is 12.1. The third-order valence-electron chi connectivity index (χ3n) is 3.73. The van der Waals surface area contributed by atoms with E-state index in [1.807, 2.05) is 6.07 Å². The van der Waals surface area contributed by atoms with E-state index in [4.69, 9.17) is 4.42 Å². The second-order valence-corrected chi connectivity index (χ2v) is 5.69. The average Bonchev–Trinajstić information content (AvgIpc) is 3.10. The second-order valence-electron chi connectivity index (χ2n) is 5.69. The van der Waals surface area contributed by atoms with E-state index in [2.05, 4.69) is 22.4 Å². The third-order valence-corrected chi connectivity index (χ3v) is 3.73. The zero-order valence-corrected chi connectivity index (χ0v) is 14.1. The summed E-state index contributed by atoms with van der Waals surface area (Å²) in [7, 11) is 0. The minimum atomic E-state index is -0.352. The number of nitrogens with one attached hydrogen (secondary N) is 1. The molecule has 0 aliphatic carbocycles. The van der Waals surface area contributed by atoms with Crippen molar-refractivity contribution in [3.8, 4) is 0 Å². The standard InChI is InChI=1S/C17H22N4O4/c1-2-3-5-10-14(11-21(24)12-22)16-19-20-17(25-16)18-15(23)13-8-6-4-7-9-13/h4,6-9,12,14,24H,2-3,5,10-11H2,1H3,(H,18,20,23)/t14-/m1/s1. The summed E-state index contributed by atoms with van der Waals surface area (Å²) in [6, 6.07) is 8.66. The van der Waals surface area contributed by atoms with E-state index in [-0.39, 0.29) is 30.3 Å². The fraction of sp³-hybridized carbons (Fsp3) is 0.412. The Morgan fingerprint density at radius 2 is 2.08 bits per heavy atom. The van der Waals surface area contributed by atoms with Crippen LogP contribution in [-0.2, 0) is 4.79 Å². The van der Waals surface area contributed by atoms with Crippen LogP contribution in [-0.4, -0.2) is 39.3 Å². The van der Waals surface area contributed by atoms with E-state index in [1.54, 1.807) is 24.3 Å². The number of hydrogen-bond acceptors (Lipinski definition) is 6. The number of benzene rings is 1. The molecule has 8 nitrogen and oxygen atoms in total. The molecule has 0 unspecified atom stereocenters. The number of unbranched alkanes of at least 4 members (excludes halogenated alkanes) is 2. The molecule has 2 aromatic rings. The first kappa shape index (κ1) is 18.6. The Balaban J connectivity index is 2.04. The maximum Gasteiger partial charge on any atom is 0.322 e. The van der Waals surface area contributed by atoms with Crippen LogP contribution in [0.5, 0.6) is 0 Å². The van der Waals surface area contributed by atoms with Gasteiger partial charge < -0.3 is 4.42 Å². The number of amides is 2. The second kappa shape index (κ2) is 9.53. The van der Waals surface area contributed by atoms with Gasteiger partial charge in [-0.2, -0.15) is 0 Å². The van der Waals surface area contributed by atoms with E-state index in [1.165, 1.54) is 0 Å². The number of carbonyl (C=O) groups is 2. The molecule has 1 heterocycles. The summed E-state index contributed by atoms with van der Waals surface area (Å²) >= 11 is 0. The van der Waals surface area contributed by atoms with Crippen molar-refractivity contribution in [1.82, 2.24) is 15.3 Å². The van der Waals surface area contributed by atoms with Crippen LogP contribution in [0.25, 0.3) is 0 Å². The van der Waals surface area contributed by atoms with E-state index in [0.29, 0.717) is 23.5 Å². The number of nitrogens with zero attached hydrogens (tertiary/aromatic N) is 3. The topological polar surface area (TPSA) is 109 Å². The Hall–Kier alpha value is -2.74. The maximum absolute atomic E-state index is 12.1. The fourth-order valence-electron chi connectivity index (χ4n) is 2.41. The molecule has 0 aliphatic rings. The van der Waals surface area contributed by atoms with Gasteiger partial charge in [-0.1, -0.05) is 49.5 Å². The molecule has 0 spiro atoms. The van der Waals surface area contributed by atoms with Gasteiger partial charge in [0.1, 0.15) is 0 Å². The molecular formula is C17H22N4O4. The largest absolute Gasteiger partial charge is 0.407 e. The van der Waals surface area contributed by atoms with Crippen molar-refractivity contribution in [3.63, 3.8) is 0 Å². The quantitative estimate of drug-likeness (QED) is 0.296. The van der Waals surface area contributed by atoms with Gasteiger partial charge in [0.2, 0.25) is 12.3 Å². The van der Waals surface area contributed by atoms with Crippen LogP contribution in [0.4, 0.5) is 6.01 Å². The van der Waals surface area contributed by atoms with Crippen molar-refractivity contribution in [1.29, 1.82) is 0 Å². The summed E-state index contributed by atoms with van der Waals surface area (Å²) in [6.07, 6.45) is 4.00. The molecule has 0 bridgehead atoms. The van der Waals surface area contributed by atoms with E-state index < -0.39 is 0 Å². The van der Waals surface area contributed by atoms with E-state index in [0.717, 1.165) is 19.3 Å². The average molecular weight is 346 g/mol. The number of carbonyl (C=O) groups excluding carboxylic acids is 2. The number of hydrogen-bond donors (Lipinski definition) is 2. The van der Waals surface area contributed by atoms with E-state index in [9.17, 15) is 14.8 Å². The van der Waals surface area contributed by atoms with Gasteiger partial charge in [-0.05, 0) is 18.6 Å². The number of hydroxylamine groups is 2. The van der Waals surface area contributed by atoms with Crippen molar-refractivity contribution in [3.05, 3.63) is 41.8 Å². The molecule has 2 N–H and O–H groups in total. The Morgan fingerprint density at radius 3 is 2.76 bits per heavy atom. The van der Waals surface area contributed by atoms with Crippen LogP contribution in [0, 0.1) is 0 Å². The first-order valence-electron chi connectivity index (χ1n) is 8.24. The lowest BCUT2D eigenvalue weighted by molar-refractivity contribution is -0.151. The van der Waals surface area contributed by atoms with Gasteiger partial charge in [0.25, 0.3) is 5.91 Å². The highest BCUT2D eigenvalue weighted by atomic mass is 16.5. The highest BCUT2D eigenvalue weighted by Crippen LogP contribution is 2.23. The normalized spacial score (nSPS) is 11.8. The molecule has 2 amide bonds. The lowest BCUT2D eigenvalue weighted by atomic mass is 10.0.